The third-order valence-electron chi connectivity index (χ3n) is 8.05. The van der Waals surface area contributed by atoms with Crippen LogP contribution in [0.3, 0.4) is 0 Å². The zero-order valence-electron chi connectivity index (χ0n) is 40.5. The second-order valence-corrected chi connectivity index (χ2v) is 18.6. The first-order valence-electron chi connectivity index (χ1n) is 20.7. The summed E-state index contributed by atoms with van der Waals surface area (Å²) in [5.41, 5.74) is -2.43. The molecule has 0 aliphatic rings. The number of nitro groups is 1. The van der Waals surface area contributed by atoms with E-state index in [4.69, 9.17) is 57.4 Å². The number of pyridine rings is 1. The first kappa shape index (κ1) is 64.3. The fourth-order valence-corrected chi connectivity index (χ4v) is 6.81. The summed E-state index contributed by atoms with van der Waals surface area (Å²) >= 11 is 11.4. The van der Waals surface area contributed by atoms with Crippen molar-refractivity contribution in [2.45, 2.75) is 38.0 Å². The van der Waals surface area contributed by atoms with Crippen LogP contribution in [0, 0.1) is 10.1 Å². The normalized spacial score (nSPS) is 10.9. The SMILES string of the molecule is CCNc1nc(Cl)nc(NC(C)C)n1.COc1cc(OC)nc(NC(=O)NS(=O)(=O)c2ncccc2C(=O)N(C)C)n1.O=C(O)CNCP(=O)(O)O.O=C(O)c1cc(Oc2ccc(C(F)(F)F)cc2Cl)ccc1[N+](=O)[O-]. The van der Waals surface area contributed by atoms with Crippen molar-refractivity contribution >= 4 is 88.2 Å². The lowest BCUT2D eigenvalue weighted by molar-refractivity contribution is -0.385. The highest BCUT2D eigenvalue weighted by Crippen LogP contribution is 2.37. The maximum absolute atomic E-state index is 12.6. The lowest BCUT2D eigenvalue weighted by Gasteiger charge is -2.14. The van der Waals surface area contributed by atoms with Crippen molar-refractivity contribution in [3.63, 3.8) is 0 Å². The average molecular weight is 1160 g/mol. The van der Waals surface area contributed by atoms with Gasteiger partial charge in [0.05, 0.1) is 54.2 Å². The van der Waals surface area contributed by atoms with Crippen LogP contribution >= 0.6 is 30.8 Å². The van der Waals surface area contributed by atoms with Crippen molar-refractivity contribution in [2.24, 2.45) is 0 Å². The largest absolute Gasteiger partial charge is 0.481 e. The van der Waals surface area contributed by atoms with Crippen LogP contribution in [-0.4, -0.2) is 146 Å². The number of aliphatic carboxylic acids is 1. The number of alkyl halides is 3. The number of urea groups is 1. The molecule has 76 heavy (non-hydrogen) atoms. The fraction of sp³-hybridized carbons (Fsp3) is 0.300. The minimum Gasteiger partial charge on any atom is -0.481 e. The highest BCUT2D eigenvalue weighted by atomic mass is 35.5. The predicted molar refractivity (Wildman–Crippen MR) is 264 cm³/mol. The number of nitro benzene ring substituents is 1. The standard InChI is InChI=1S/C15H18N6O6S.C14H7ClF3NO5.C8H14ClN5.C3H8NO5P/c1-21(2)13(22)9-6-5-7-16-12(9)28(24,25)20-15(23)19-14-17-10(26-3)8-11(18-14)27-4;15-10-5-7(14(16,17)18)1-4-12(10)24-8-2-3-11(19(22)23)9(6-8)13(20)21;1-4-10-7-12-6(9)13-8(14-7)11-5(2)3;5-3(6)1-4-2-10(7,8)9/h5-8H,1-4H3,(H2,17,18,19,20,23);1-6H,(H,20,21);5H,4H2,1-3H3,(H2,10,11,12,13,14);4H,1-2H2,(H,5,6)(H2,7,8,9). The third-order valence-corrected chi connectivity index (χ3v) is 10.4. The summed E-state index contributed by atoms with van der Waals surface area (Å²) in [5.74, 6) is -2.65. The third kappa shape index (κ3) is 22.3. The number of carbonyl (C=O) groups is 4. The monoisotopic (exact) mass is 1160 g/mol. The van der Waals surface area contributed by atoms with Gasteiger partial charge in [-0.2, -0.15) is 46.5 Å². The molecule has 0 aliphatic heterocycles. The van der Waals surface area contributed by atoms with E-state index in [1.54, 1.807) is 4.72 Å². The van der Waals surface area contributed by atoms with Crippen LogP contribution < -0.4 is 40.2 Å². The fourth-order valence-electron chi connectivity index (χ4n) is 4.99. The molecule has 0 aliphatic carbocycles. The number of aromatic carboxylic acids is 1. The van der Waals surface area contributed by atoms with Crippen LogP contribution in [0.15, 0.2) is 65.8 Å². The number of aromatic nitrogens is 6. The number of amides is 3. The second kappa shape index (κ2) is 29.3. The average Bonchev–Trinajstić information content (AvgIpc) is 3.30. The smallest absolute Gasteiger partial charge is 0.416 e. The highest BCUT2D eigenvalue weighted by Gasteiger charge is 2.31. The Balaban J connectivity index is 0.000000371. The van der Waals surface area contributed by atoms with Crippen molar-refractivity contribution in [2.75, 3.05) is 63.6 Å². The Bertz CT molecular complexity index is 3000. The summed E-state index contributed by atoms with van der Waals surface area (Å²) < 4.78 is 89.6. The maximum atomic E-state index is 12.6. The Hall–Kier alpha value is -7.81. The van der Waals surface area contributed by atoms with Crippen molar-refractivity contribution in [1.29, 1.82) is 0 Å². The number of carboxylic acids is 2. The Morgan fingerprint density at radius 1 is 0.895 bits per heavy atom. The van der Waals surface area contributed by atoms with E-state index in [-0.39, 0.29) is 51.1 Å². The molecule has 0 bridgehead atoms. The van der Waals surface area contributed by atoms with Gasteiger partial charge in [-0.15, -0.1) is 0 Å². The molecule has 36 heteroatoms. The second-order valence-electron chi connectivity index (χ2n) is 14.6. The number of methoxy groups -OCH3 is 2. The number of carboxylic acid groups (broad SMARTS) is 2. The number of benzene rings is 2. The van der Waals surface area contributed by atoms with Crippen LogP contribution in [0.4, 0.5) is 41.5 Å². The molecule has 414 valence electrons. The number of nitrogens with one attached hydrogen (secondary N) is 5. The molecule has 0 saturated heterocycles. The maximum Gasteiger partial charge on any atom is 0.416 e. The summed E-state index contributed by atoms with van der Waals surface area (Å²) in [7, 11) is -2.94. The molecule has 0 fully saturated rings. The summed E-state index contributed by atoms with van der Waals surface area (Å²) in [5, 5.41) is 37.2. The Morgan fingerprint density at radius 3 is 2.01 bits per heavy atom. The molecule has 0 unspecified atom stereocenters. The summed E-state index contributed by atoms with van der Waals surface area (Å²) in [4.78, 5) is 96.0. The van der Waals surface area contributed by atoms with Crippen LogP contribution in [0.1, 0.15) is 47.1 Å². The molecule has 5 rings (SSSR count). The molecule has 5 aromatic rings. The molecule has 29 nitrogen and oxygen atoms in total. The Morgan fingerprint density at radius 2 is 1.51 bits per heavy atom. The number of rotatable bonds is 18. The quantitative estimate of drug-likeness (QED) is 0.0300. The van der Waals surface area contributed by atoms with E-state index in [1.807, 2.05) is 20.8 Å². The molecule has 2 aromatic carbocycles. The molecule has 0 radical (unpaired) electrons. The molecule has 3 amide bonds. The van der Waals surface area contributed by atoms with Gasteiger partial charge >= 0.3 is 31.7 Å². The zero-order valence-corrected chi connectivity index (χ0v) is 43.7. The topological polar surface area (TPSA) is 412 Å². The number of nitrogens with zero attached hydrogens (tertiary/aromatic N) is 8. The lowest BCUT2D eigenvalue weighted by Crippen LogP contribution is -2.36. The van der Waals surface area contributed by atoms with Crippen molar-refractivity contribution in [3.05, 3.63) is 97.9 Å². The Kier molecular flexibility index (Phi) is 24.8. The number of hydrogen-bond acceptors (Lipinski definition) is 21. The number of halogens is 5. The zero-order chi connectivity index (χ0) is 57.7. The van der Waals surface area contributed by atoms with E-state index in [2.05, 4.69) is 51.2 Å². The van der Waals surface area contributed by atoms with Gasteiger partial charge in [0.15, 0.2) is 5.03 Å². The summed E-state index contributed by atoms with van der Waals surface area (Å²) in [6, 6.07) is 8.44. The van der Waals surface area contributed by atoms with E-state index < -0.39 is 87.3 Å². The van der Waals surface area contributed by atoms with E-state index in [0.29, 0.717) is 18.0 Å². The van der Waals surface area contributed by atoms with E-state index in [1.165, 1.54) is 57.6 Å². The van der Waals surface area contributed by atoms with E-state index in [9.17, 15) is 55.4 Å². The molecular weight excluding hydrogens is 1110 g/mol. The van der Waals surface area contributed by atoms with Crippen molar-refractivity contribution in [3.8, 4) is 23.3 Å². The minimum absolute atomic E-state index is 0.0913. The van der Waals surface area contributed by atoms with Gasteiger partial charge in [-0.1, -0.05) is 11.6 Å². The van der Waals surface area contributed by atoms with Gasteiger partial charge in [0, 0.05) is 45.0 Å². The number of hydrogen-bond donors (Lipinski definition) is 9. The van der Waals surface area contributed by atoms with Gasteiger partial charge in [-0.25, -0.2) is 19.3 Å². The van der Waals surface area contributed by atoms with E-state index in [0.717, 1.165) is 36.9 Å². The number of ether oxygens (including phenoxy) is 3. The summed E-state index contributed by atoms with van der Waals surface area (Å²) in [6.45, 7) is 6.29. The minimum atomic E-state index is -4.58. The molecule has 0 spiro atoms. The number of carbonyl (C=O) groups excluding carboxylic acids is 2. The Labute approximate surface area is 438 Å². The van der Waals surface area contributed by atoms with Crippen LogP contribution in [0.2, 0.25) is 10.3 Å². The first-order chi connectivity index (χ1) is 35.3. The van der Waals surface area contributed by atoms with Crippen LogP contribution in [-0.2, 0) is 25.6 Å². The van der Waals surface area contributed by atoms with Crippen molar-refractivity contribution < 1.29 is 84.5 Å². The molecule has 3 heterocycles. The summed E-state index contributed by atoms with van der Waals surface area (Å²) in [6.07, 6.45) is -3.99. The first-order valence-corrected chi connectivity index (χ1v) is 24.8. The van der Waals surface area contributed by atoms with Gasteiger partial charge in [-0.3, -0.25) is 34.9 Å². The highest BCUT2D eigenvalue weighted by molar-refractivity contribution is 7.90. The van der Waals surface area contributed by atoms with E-state index >= 15 is 0 Å². The number of sulfonamides is 1. The lowest BCUT2D eigenvalue weighted by atomic mass is 10.1. The predicted octanol–water partition coefficient (Wildman–Crippen LogP) is 5.43. The van der Waals surface area contributed by atoms with Gasteiger partial charge in [0.25, 0.3) is 21.6 Å². The van der Waals surface area contributed by atoms with Crippen LogP contribution in [0.5, 0.6) is 23.3 Å². The molecule has 0 atom stereocenters. The molecule has 0 saturated carbocycles. The van der Waals surface area contributed by atoms with Crippen LogP contribution in [0.25, 0.3) is 0 Å². The molecular formula is C40H47Cl2F3N13O16PS. The number of anilines is 3. The van der Waals surface area contributed by atoms with Gasteiger partial charge < -0.3 is 49.7 Å². The van der Waals surface area contributed by atoms with Crippen molar-refractivity contribution in [1.82, 2.24) is 44.8 Å². The van der Waals surface area contributed by atoms with Gasteiger partial charge in [0.1, 0.15) is 17.1 Å². The molecule has 3 aromatic heterocycles. The molecule has 9 N–H and O–H groups in total. The van der Waals surface area contributed by atoms with Gasteiger partial charge in [-0.05, 0) is 68.8 Å². The van der Waals surface area contributed by atoms with Gasteiger partial charge in [0.2, 0.25) is 34.9 Å².